The second kappa shape index (κ2) is 8.56. The Bertz CT molecular complexity index is 1010. The fourth-order valence-corrected chi connectivity index (χ4v) is 4.69. The fourth-order valence-electron chi connectivity index (χ4n) is 4.69. The lowest BCUT2D eigenvalue weighted by molar-refractivity contribution is 0.279. The number of pyridine rings is 1. The number of hydrogen-bond donors (Lipinski definition) is 2. The molecule has 0 saturated heterocycles. The van der Waals surface area contributed by atoms with E-state index in [1.165, 1.54) is 40.3 Å². The van der Waals surface area contributed by atoms with Gasteiger partial charge in [0, 0.05) is 47.0 Å². The first-order chi connectivity index (χ1) is 14.1. The van der Waals surface area contributed by atoms with Crippen LogP contribution in [0.4, 0.5) is 0 Å². The van der Waals surface area contributed by atoms with Gasteiger partial charge < -0.3 is 19.7 Å². The summed E-state index contributed by atoms with van der Waals surface area (Å²) in [5.74, 6) is 0.190. The van der Waals surface area contributed by atoms with Gasteiger partial charge in [0.05, 0.1) is 12.8 Å². The number of aliphatic hydroxyl groups is 1. The highest BCUT2D eigenvalue weighted by Crippen LogP contribution is 2.32. The topological polar surface area (TPSA) is 61.5 Å². The summed E-state index contributed by atoms with van der Waals surface area (Å²) in [6, 6.07) is 6.83. The zero-order valence-corrected chi connectivity index (χ0v) is 17.5. The van der Waals surface area contributed by atoms with E-state index in [1.54, 1.807) is 6.20 Å². The number of hydrogen-bond acceptors (Lipinski definition) is 4. The molecule has 1 aliphatic rings. The molecule has 0 bridgehead atoms. The van der Waals surface area contributed by atoms with Crippen LogP contribution < -0.4 is 0 Å². The number of fused-ring (bicyclic) bond motifs is 3. The highest BCUT2D eigenvalue weighted by molar-refractivity contribution is 5.86. The van der Waals surface area contributed by atoms with Crippen LogP contribution in [-0.4, -0.2) is 38.3 Å². The summed E-state index contributed by atoms with van der Waals surface area (Å²) in [7, 11) is 2.22. The highest BCUT2D eigenvalue weighted by atomic mass is 16.3. The molecule has 5 heteroatoms. The van der Waals surface area contributed by atoms with E-state index >= 15 is 0 Å². The van der Waals surface area contributed by atoms with E-state index in [0.29, 0.717) is 0 Å². The van der Waals surface area contributed by atoms with Crippen LogP contribution >= 0.6 is 0 Å². The van der Waals surface area contributed by atoms with Crippen LogP contribution in [0.1, 0.15) is 47.2 Å². The average Bonchev–Trinajstić information content (AvgIpc) is 2.85. The molecule has 0 saturated carbocycles. The molecule has 5 nitrogen and oxygen atoms in total. The van der Waals surface area contributed by atoms with Crippen molar-refractivity contribution in [3.05, 3.63) is 58.5 Å². The van der Waals surface area contributed by atoms with Crippen molar-refractivity contribution in [1.29, 1.82) is 0 Å². The van der Waals surface area contributed by atoms with Crippen LogP contribution in [0.5, 0.6) is 5.75 Å². The Morgan fingerprint density at radius 2 is 2.03 bits per heavy atom. The molecule has 3 aromatic rings. The second-order valence-electron chi connectivity index (χ2n) is 8.35. The van der Waals surface area contributed by atoms with Gasteiger partial charge in [0.1, 0.15) is 5.75 Å². The number of benzene rings is 1. The number of aromatic hydroxyl groups is 1. The van der Waals surface area contributed by atoms with E-state index in [9.17, 15) is 10.2 Å². The van der Waals surface area contributed by atoms with E-state index in [-0.39, 0.29) is 12.4 Å². The number of aryl methyl sites for hydroxylation is 2. The van der Waals surface area contributed by atoms with Crippen molar-refractivity contribution in [1.82, 2.24) is 14.5 Å². The molecular formula is C24H31N3O2. The first-order valence-corrected chi connectivity index (χ1v) is 10.6. The summed E-state index contributed by atoms with van der Waals surface area (Å²) in [6.45, 7) is 5.24. The summed E-state index contributed by atoms with van der Waals surface area (Å²) >= 11 is 0. The van der Waals surface area contributed by atoms with Crippen molar-refractivity contribution in [3.8, 4) is 5.75 Å². The quantitative estimate of drug-likeness (QED) is 0.623. The largest absolute Gasteiger partial charge is 0.506 e. The highest BCUT2D eigenvalue weighted by Gasteiger charge is 2.20. The predicted octanol–water partition coefficient (Wildman–Crippen LogP) is 3.94. The lowest BCUT2D eigenvalue weighted by Crippen LogP contribution is -2.17. The van der Waals surface area contributed by atoms with Gasteiger partial charge >= 0.3 is 0 Å². The van der Waals surface area contributed by atoms with Crippen LogP contribution in [0.2, 0.25) is 0 Å². The zero-order chi connectivity index (χ0) is 20.4. The van der Waals surface area contributed by atoms with Gasteiger partial charge in [-0.3, -0.25) is 4.98 Å². The van der Waals surface area contributed by atoms with Gasteiger partial charge in [-0.25, -0.2) is 0 Å². The maximum Gasteiger partial charge on any atom is 0.137 e. The van der Waals surface area contributed by atoms with Crippen molar-refractivity contribution in [2.75, 3.05) is 13.6 Å². The SMILES string of the molecule is Cc1ccc2c(c1)c1c(n2CCCCc2c(O)cncc2CO)CCCN(C)C1. The Hall–Kier alpha value is -2.37. The monoisotopic (exact) mass is 393 g/mol. The Morgan fingerprint density at radius 1 is 1.17 bits per heavy atom. The van der Waals surface area contributed by atoms with Crippen molar-refractivity contribution >= 4 is 10.9 Å². The lowest BCUT2D eigenvalue weighted by atomic mass is 10.0. The number of rotatable bonds is 6. The van der Waals surface area contributed by atoms with Crippen LogP contribution in [0.25, 0.3) is 10.9 Å². The van der Waals surface area contributed by atoms with Crippen LogP contribution in [0.15, 0.2) is 30.6 Å². The first-order valence-electron chi connectivity index (χ1n) is 10.6. The van der Waals surface area contributed by atoms with Gasteiger partial charge in [-0.1, -0.05) is 11.6 Å². The Labute approximate surface area is 172 Å². The normalized spacial score (nSPS) is 14.9. The molecule has 0 spiro atoms. The molecule has 1 aromatic carbocycles. The minimum atomic E-state index is -0.0840. The molecule has 0 radical (unpaired) electrons. The maximum atomic E-state index is 10.1. The Morgan fingerprint density at radius 3 is 2.86 bits per heavy atom. The summed E-state index contributed by atoms with van der Waals surface area (Å²) in [4.78, 5) is 6.40. The van der Waals surface area contributed by atoms with Gasteiger partial charge in [-0.05, 0) is 70.3 Å². The van der Waals surface area contributed by atoms with Gasteiger partial charge in [0.15, 0.2) is 0 Å². The van der Waals surface area contributed by atoms with Gasteiger partial charge in [0.2, 0.25) is 0 Å². The minimum absolute atomic E-state index is 0.0840. The van der Waals surface area contributed by atoms with Crippen molar-refractivity contribution in [3.63, 3.8) is 0 Å². The first kappa shape index (κ1) is 19.9. The number of aromatic nitrogens is 2. The molecule has 3 heterocycles. The molecule has 0 atom stereocenters. The molecule has 1 aliphatic heterocycles. The van der Waals surface area contributed by atoms with E-state index in [4.69, 9.17) is 0 Å². The van der Waals surface area contributed by atoms with Crippen LogP contribution in [-0.2, 0) is 32.5 Å². The summed E-state index contributed by atoms with van der Waals surface area (Å²) in [5.41, 5.74) is 7.21. The van der Waals surface area contributed by atoms with E-state index < -0.39 is 0 Å². The predicted molar refractivity (Wildman–Crippen MR) is 116 cm³/mol. The molecule has 29 heavy (non-hydrogen) atoms. The molecule has 154 valence electrons. The van der Waals surface area contributed by atoms with E-state index in [0.717, 1.165) is 56.4 Å². The molecule has 2 aromatic heterocycles. The third-order valence-electron chi connectivity index (χ3n) is 6.18. The summed E-state index contributed by atoms with van der Waals surface area (Å²) < 4.78 is 2.53. The number of unbranched alkanes of at least 4 members (excludes halogenated alkanes) is 1. The molecule has 2 N–H and O–H groups in total. The molecule has 0 aliphatic carbocycles. The lowest BCUT2D eigenvalue weighted by Gasteiger charge is -2.12. The van der Waals surface area contributed by atoms with E-state index in [2.05, 4.69) is 46.6 Å². The molecule has 0 fully saturated rings. The minimum Gasteiger partial charge on any atom is -0.506 e. The number of aliphatic hydroxyl groups excluding tert-OH is 1. The standard InChI is InChI=1S/C24H31N3O2/c1-17-8-9-23-20(12-17)21-15-26(2)10-5-7-22(21)27(23)11-4-3-6-19-18(16-28)13-25-14-24(19)29/h8-9,12-14,28-29H,3-7,10-11,15-16H2,1-2H3. The summed E-state index contributed by atoms with van der Waals surface area (Å²) in [6.07, 6.45) is 8.20. The molecule has 0 amide bonds. The second-order valence-corrected chi connectivity index (χ2v) is 8.35. The van der Waals surface area contributed by atoms with Crippen LogP contribution in [0.3, 0.4) is 0 Å². The number of nitrogens with zero attached hydrogens (tertiary/aromatic N) is 3. The van der Waals surface area contributed by atoms with Gasteiger partial charge in [-0.2, -0.15) is 0 Å². The van der Waals surface area contributed by atoms with Crippen molar-refractivity contribution in [2.45, 2.75) is 58.7 Å². The van der Waals surface area contributed by atoms with Crippen molar-refractivity contribution < 1.29 is 10.2 Å². The molecule has 0 unspecified atom stereocenters. The Kier molecular flexibility index (Phi) is 5.88. The third-order valence-corrected chi connectivity index (χ3v) is 6.18. The third kappa shape index (κ3) is 4.02. The maximum absolute atomic E-state index is 10.1. The van der Waals surface area contributed by atoms with Crippen LogP contribution in [0, 0.1) is 6.92 Å². The average molecular weight is 394 g/mol. The molecule has 4 rings (SSSR count). The van der Waals surface area contributed by atoms with E-state index in [1.807, 2.05) is 0 Å². The fraction of sp³-hybridized carbons (Fsp3) is 0.458. The summed E-state index contributed by atoms with van der Waals surface area (Å²) in [5, 5.41) is 21.0. The smallest absolute Gasteiger partial charge is 0.137 e. The van der Waals surface area contributed by atoms with Crippen molar-refractivity contribution in [2.24, 2.45) is 0 Å². The Balaban J connectivity index is 1.55. The molecular weight excluding hydrogens is 362 g/mol. The van der Waals surface area contributed by atoms with Gasteiger partial charge in [-0.15, -0.1) is 0 Å². The van der Waals surface area contributed by atoms with Gasteiger partial charge in [0.25, 0.3) is 0 Å². The zero-order valence-electron chi connectivity index (χ0n) is 17.5.